The molecule has 2 aromatic carbocycles. The summed E-state index contributed by atoms with van der Waals surface area (Å²) >= 11 is 0. The van der Waals surface area contributed by atoms with Gasteiger partial charge in [-0.2, -0.15) is 0 Å². The van der Waals surface area contributed by atoms with E-state index in [1.165, 1.54) is 88.2 Å². The standard InChI is InChI=1S/C36H52N2.Pd/c1-5-7-9-10-11-12-13-14-15-16-17-18-19-23-27-36(38-34-29-28-31(3)32(4)30-34)35(26-8-6-2)37-33-24-21-20-22-25-33;/h20-22,24-25,28-30H,5-19,26H2,1-4H3;. The molecule has 2 aromatic rings. The molecule has 39 heavy (non-hydrogen) atoms. The largest absolute Gasteiger partial charge is 0.251 e. The second-order valence-electron chi connectivity index (χ2n) is 10.7. The predicted octanol–water partition coefficient (Wildman–Crippen LogP) is 11.4. The van der Waals surface area contributed by atoms with Crippen molar-refractivity contribution in [2.24, 2.45) is 9.98 Å². The summed E-state index contributed by atoms with van der Waals surface area (Å²) in [6.07, 6.45) is 20.4. The molecule has 0 bridgehead atoms. The van der Waals surface area contributed by atoms with E-state index in [0.717, 1.165) is 48.5 Å². The van der Waals surface area contributed by atoms with Crippen LogP contribution >= 0.6 is 0 Å². The van der Waals surface area contributed by atoms with Gasteiger partial charge in [0.25, 0.3) is 0 Å². The fourth-order valence-electron chi connectivity index (χ4n) is 4.52. The minimum Gasteiger partial charge on any atom is -0.251 e. The molecule has 2 rings (SSSR count). The summed E-state index contributed by atoms with van der Waals surface area (Å²) < 4.78 is 0. The number of aryl methyl sites for hydroxylation is 2. The predicted molar refractivity (Wildman–Crippen MR) is 170 cm³/mol. The Morgan fingerprint density at radius 3 is 1.79 bits per heavy atom. The number of hydrogen-bond acceptors (Lipinski definition) is 2. The fraction of sp³-hybridized carbons (Fsp3) is 0.556. The van der Waals surface area contributed by atoms with Crippen LogP contribution in [0.15, 0.2) is 58.5 Å². The Kier molecular flexibility index (Phi) is 20.5. The van der Waals surface area contributed by atoms with Crippen LogP contribution in [0.25, 0.3) is 0 Å². The minimum absolute atomic E-state index is 0. The molecule has 3 heteroatoms. The summed E-state index contributed by atoms with van der Waals surface area (Å²) in [5.74, 6) is 6.89. The maximum atomic E-state index is 5.02. The van der Waals surface area contributed by atoms with Crippen LogP contribution in [-0.2, 0) is 20.4 Å². The average molecular weight is 619 g/mol. The van der Waals surface area contributed by atoms with Gasteiger partial charge in [0.15, 0.2) is 0 Å². The molecule has 2 nitrogen and oxygen atoms in total. The number of hydrogen-bond donors (Lipinski definition) is 0. The van der Waals surface area contributed by atoms with E-state index in [0.29, 0.717) is 0 Å². The van der Waals surface area contributed by atoms with Crippen LogP contribution in [0, 0.1) is 25.7 Å². The summed E-state index contributed by atoms with van der Waals surface area (Å²) in [6, 6.07) is 16.6. The number of rotatable bonds is 18. The number of aliphatic imine (C=N–C) groups is 2. The quantitative estimate of drug-likeness (QED) is 0.0687. The Labute approximate surface area is 254 Å². The van der Waals surface area contributed by atoms with Crippen molar-refractivity contribution in [1.82, 2.24) is 0 Å². The van der Waals surface area contributed by atoms with Crippen LogP contribution in [-0.4, -0.2) is 11.4 Å². The smallest absolute Gasteiger partial charge is 0.135 e. The van der Waals surface area contributed by atoms with Crippen molar-refractivity contribution < 1.29 is 20.4 Å². The Hall–Kier alpha value is -2.00. The minimum atomic E-state index is 0. The van der Waals surface area contributed by atoms with E-state index >= 15 is 0 Å². The van der Waals surface area contributed by atoms with Crippen LogP contribution in [0.2, 0.25) is 0 Å². The first-order valence-corrected chi connectivity index (χ1v) is 15.4. The Balaban J connectivity index is 0.00000760. The van der Waals surface area contributed by atoms with Crippen molar-refractivity contribution in [2.75, 3.05) is 0 Å². The van der Waals surface area contributed by atoms with E-state index in [-0.39, 0.29) is 20.4 Å². The maximum absolute atomic E-state index is 5.02. The van der Waals surface area contributed by atoms with Gasteiger partial charge in [0.2, 0.25) is 0 Å². The zero-order valence-electron chi connectivity index (χ0n) is 25.1. The molecule has 216 valence electrons. The van der Waals surface area contributed by atoms with Gasteiger partial charge in [-0.1, -0.05) is 121 Å². The molecule has 0 atom stereocenters. The molecule has 0 heterocycles. The fourth-order valence-corrected chi connectivity index (χ4v) is 4.52. The van der Waals surface area contributed by atoms with Crippen LogP contribution in [0.3, 0.4) is 0 Å². The second kappa shape index (κ2) is 22.8. The van der Waals surface area contributed by atoms with E-state index in [9.17, 15) is 0 Å². The SMILES string of the molecule is CCCCCCCCCCCCCCC#CC(=Nc1ccc(C)c(C)c1)C(CCCC)=Nc1ccccc1.[Pd]. The molecule has 0 unspecified atom stereocenters. The van der Waals surface area contributed by atoms with E-state index in [2.05, 4.69) is 69.9 Å². The molecule has 0 saturated heterocycles. The molecule has 0 aliphatic heterocycles. The molecule has 0 fully saturated rings. The van der Waals surface area contributed by atoms with E-state index < -0.39 is 0 Å². The van der Waals surface area contributed by atoms with Gasteiger partial charge in [-0.3, -0.25) is 4.99 Å². The Morgan fingerprint density at radius 1 is 0.615 bits per heavy atom. The normalized spacial score (nSPS) is 11.6. The molecule has 0 aliphatic carbocycles. The number of para-hydroxylation sites is 1. The van der Waals surface area contributed by atoms with Gasteiger partial charge < -0.3 is 0 Å². The van der Waals surface area contributed by atoms with Gasteiger partial charge in [-0.15, -0.1) is 0 Å². The van der Waals surface area contributed by atoms with Crippen molar-refractivity contribution in [3.05, 3.63) is 59.7 Å². The average Bonchev–Trinajstić information content (AvgIpc) is 2.93. The van der Waals surface area contributed by atoms with Crippen molar-refractivity contribution in [3.8, 4) is 11.8 Å². The zero-order chi connectivity index (χ0) is 27.3. The van der Waals surface area contributed by atoms with Crippen molar-refractivity contribution in [3.63, 3.8) is 0 Å². The summed E-state index contributed by atoms with van der Waals surface area (Å²) in [4.78, 5) is 10.0. The first-order valence-electron chi connectivity index (χ1n) is 15.4. The number of unbranched alkanes of at least 4 members (excludes halogenated alkanes) is 13. The summed E-state index contributed by atoms with van der Waals surface area (Å²) in [5, 5.41) is 0. The van der Waals surface area contributed by atoms with Gasteiger partial charge in [-0.25, -0.2) is 4.99 Å². The zero-order valence-corrected chi connectivity index (χ0v) is 26.7. The molecular formula is C36H52N2Pd. The second-order valence-corrected chi connectivity index (χ2v) is 10.7. The first kappa shape index (κ1) is 35.0. The molecule has 0 aliphatic rings. The number of benzene rings is 2. The third-order valence-corrected chi connectivity index (χ3v) is 7.15. The van der Waals surface area contributed by atoms with Crippen molar-refractivity contribution in [2.45, 2.75) is 130 Å². The molecule has 0 amide bonds. The summed E-state index contributed by atoms with van der Waals surface area (Å²) in [6.45, 7) is 8.79. The van der Waals surface area contributed by atoms with Crippen LogP contribution in [0.4, 0.5) is 11.4 Å². The molecule has 0 spiro atoms. The number of nitrogens with zero attached hydrogens (tertiary/aromatic N) is 2. The maximum Gasteiger partial charge on any atom is 0.135 e. The van der Waals surface area contributed by atoms with Gasteiger partial charge in [0, 0.05) is 26.8 Å². The first-order chi connectivity index (χ1) is 18.6. The van der Waals surface area contributed by atoms with E-state index in [1.54, 1.807) is 0 Å². The third-order valence-electron chi connectivity index (χ3n) is 7.15. The van der Waals surface area contributed by atoms with Crippen LogP contribution in [0.5, 0.6) is 0 Å². The van der Waals surface area contributed by atoms with E-state index in [1.807, 2.05) is 18.2 Å². The monoisotopic (exact) mass is 618 g/mol. The molecular weight excluding hydrogens is 567 g/mol. The molecule has 0 radical (unpaired) electrons. The van der Waals surface area contributed by atoms with Crippen molar-refractivity contribution in [1.29, 1.82) is 0 Å². The Bertz CT molecular complexity index is 1030. The molecule has 0 saturated carbocycles. The van der Waals surface area contributed by atoms with Gasteiger partial charge >= 0.3 is 0 Å². The summed E-state index contributed by atoms with van der Waals surface area (Å²) in [5.41, 5.74) is 6.29. The van der Waals surface area contributed by atoms with Gasteiger partial charge in [0.05, 0.1) is 17.1 Å². The third kappa shape index (κ3) is 16.0. The van der Waals surface area contributed by atoms with Crippen LogP contribution < -0.4 is 0 Å². The summed E-state index contributed by atoms with van der Waals surface area (Å²) in [7, 11) is 0. The topological polar surface area (TPSA) is 24.7 Å². The molecule has 0 N–H and O–H groups in total. The van der Waals surface area contributed by atoms with Crippen molar-refractivity contribution >= 4 is 22.8 Å². The Morgan fingerprint density at radius 2 is 1.21 bits per heavy atom. The van der Waals surface area contributed by atoms with Crippen LogP contribution in [0.1, 0.15) is 128 Å². The molecule has 0 aromatic heterocycles. The van der Waals surface area contributed by atoms with E-state index in [4.69, 9.17) is 9.98 Å². The van der Waals surface area contributed by atoms with Gasteiger partial charge in [-0.05, 0) is 74.4 Å². The van der Waals surface area contributed by atoms with Gasteiger partial charge in [0.1, 0.15) is 5.71 Å².